The molecule has 11 heteroatoms. The minimum Gasteiger partial charge on any atom is -0.410 e. The second-order valence-corrected chi connectivity index (χ2v) is 10.2. The number of carbonyl (C=O) groups excluding carboxylic acids is 2. The fourth-order valence-corrected chi connectivity index (χ4v) is 5.32. The topological polar surface area (TPSA) is 92.0 Å². The maximum Gasteiger partial charge on any atom is 0.415 e. The van der Waals surface area contributed by atoms with Gasteiger partial charge in [-0.05, 0) is 54.8 Å². The number of rotatable bonds is 5. The van der Waals surface area contributed by atoms with Crippen molar-refractivity contribution < 1.29 is 23.1 Å². The molecule has 0 saturated carbocycles. The maximum absolute atomic E-state index is 13.6. The highest BCUT2D eigenvalue weighted by Crippen LogP contribution is 2.34. The molecule has 2 aliphatic rings. The highest BCUT2D eigenvalue weighted by molar-refractivity contribution is 6.30. The normalized spacial score (nSPS) is 20.0. The second kappa shape index (κ2) is 11.0. The second-order valence-electron chi connectivity index (χ2n) is 9.77. The molecule has 38 heavy (non-hydrogen) atoms. The van der Waals surface area contributed by atoms with E-state index in [1.54, 1.807) is 14.0 Å². The van der Waals surface area contributed by atoms with Gasteiger partial charge in [-0.2, -0.15) is 0 Å². The van der Waals surface area contributed by atoms with Gasteiger partial charge in [-0.15, -0.1) is 5.10 Å². The minimum atomic E-state index is -0.571. The van der Waals surface area contributed by atoms with Crippen LogP contribution in [-0.4, -0.2) is 71.3 Å². The summed E-state index contributed by atoms with van der Waals surface area (Å²) in [4.78, 5) is 32.0. The van der Waals surface area contributed by atoms with Crippen LogP contribution in [0.25, 0.3) is 0 Å². The summed E-state index contributed by atoms with van der Waals surface area (Å²) in [7, 11) is 1.66. The molecule has 2 atom stereocenters. The van der Waals surface area contributed by atoms with Crippen molar-refractivity contribution >= 4 is 29.6 Å². The average molecular weight is 542 g/mol. The standard InChI is InChI=1S/C27H29ClFN5O4/c1-17-30-31-26(37-17)33-13-11-19(12-14-33)25(35)34-15-23(18-3-5-20(28)6-4-18)24(16-34)32(2)27(36)38-22-9-7-21(29)8-10-22/h3-10,19,23-24H,11-16H2,1-2H3/t23-,24+/m0/s1. The lowest BCUT2D eigenvalue weighted by Gasteiger charge is -2.32. The Hall–Kier alpha value is -3.66. The Kier molecular flexibility index (Phi) is 7.51. The predicted octanol–water partition coefficient (Wildman–Crippen LogP) is 4.51. The quantitative estimate of drug-likeness (QED) is 0.469. The lowest BCUT2D eigenvalue weighted by molar-refractivity contribution is -0.135. The lowest BCUT2D eigenvalue weighted by atomic mass is 9.93. The molecule has 2 amide bonds. The number of ether oxygens (including phenoxy) is 1. The van der Waals surface area contributed by atoms with Crippen LogP contribution in [-0.2, 0) is 4.79 Å². The molecule has 3 heterocycles. The lowest BCUT2D eigenvalue weighted by Crippen LogP contribution is -2.45. The molecule has 200 valence electrons. The number of piperidine rings is 1. The summed E-state index contributed by atoms with van der Waals surface area (Å²) in [6.07, 6.45) is 0.781. The summed E-state index contributed by atoms with van der Waals surface area (Å²) in [5.74, 6) is 0.175. The largest absolute Gasteiger partial charge is 0.415 e. The number of hydrogen-bond acceptors (Lipinski definition) is 7. The zero-order valence-electron chi connectivity index (χ0n) is 21.2. The molecule has 2 saturated heterocycles. The maximum atomic E-state index is 13.6. The molecule has 3 aromatic rings. The Labute approximate surface area is 225 Å². The molecule has 2 aliphatic heterocycles. The summed E-state index contributed by atoms with van der Waals surface area (Å²) in [5.41, 5.74) is 0.984. The highest BCUT2D eigenvalue weighted by Gasteiger charge is 2.42. The van der Waals surface area contributed by atoms with Crippen LogP contribution in [0.15, 0.2) is 52.9 Å². The number of carbonyl (C=O) groups is 2. The first-order valence-corrected chi connectivity index (χ1v) is 13.0. The minimum absolute atomic E-state index is 0.0770. The number of likely N-dealkylation sites (N-methyl/N-ethyl adjacent to an activating group) is 1. The van der Waals surface area contributed by atoms with E-state index in [0.29, 0.717) is 55.9 Å². The molecule has 0 N–H and O–H groups in total. The first-order chi connectivity index (χ1) is 18.3. The van der Waals surface area contributed by atoms with E-state index in [0.717, 1.165) is 5.56 Å². The van der Waals surface area contributed by atoms with E-state index in [1.807, 2.05) is 34.1 Å². The molecule has 0 unspecified atom stereocenters. The molecule has 0 spiro atoms. The molecule has 5 rings (SSSR count). The Bertz CT molecular complexity index is 1280. The Morgan fingerprint density at radius 2 is 1.74 bits per heavy atom. The van der Waals surface area contributed by atoms with Gasteiger partial charge in [-0.3, -0.25) is 4.79 Å². The first-order valence-electron chi connectivity index (χ1n) is 12.6. The first kappa shape index (κ1) is 26.0. The van der Waals surface area contributed by atoms with Gasteiger partial charge in [0.15, 0.2) is 0 Å². The molecular weight excluding hydrogens is 513 g/mol. The number of aromatic nitrogens is 2. The summed E-state index contributed by atoms with van der Waals surface area (Å²) in [6, 6.07) is 12.9. The molecule has 0 radical (unpaired) electrons. The molecule has 1 aromatic heterocycles. The third kappa shape index (κ3) is 5.60. The van der Waals surface area contributed by atoms with Crippen LogP contribution >= 0.6 is 11.6 Å². The van der Waals surface area contributed by atoms with Crippen molar-refractivity contribution in [2.24, 2.45) is 5.92 Å². The van der Waals surface area contributed by atoms with Crippen LogP contribution < -0.4 is 9.64 Å². The molecule has 9 nitrogen and oxygen atoms in total. The zero-order valence-corrected chi connectivity index (χ0v) is 22.0. The van der Waals surface area contributed by atoms with Gasteiger partial charge in [0.2, 0.25) is 11.8 Å². The van der Waals surface area contributed by atoms with Gasteiger partial charge in [0.1, 0.15) is 11.6 Å². The van der Waals surface area contributed by atoms with E-state index >= 15 is 0 Å². The SMILES string of the molecule is Cc1nnc(N2CCC(C(=O)N3C[C@@H](N(C)C(=O)Oc4ccc(F)cc4)[C@H](c4ccc(Cl)cc4)C3)CC2)o1. The van der Waals surface area contributed by atoms with E-state index in [4.69, 9.17) is 20.8 Å². The number of nitrogens with zero attached hydrogens (tertiary/aromatic N) is 5. The number of halogens is 2. The molecular formula is C27H29ClFN5O4. The number of anilines is 1. The number of aryl methyl sites for hydroxylation is 1. The van der Waals surface area contributed by atoms with Gasteiger partial charge in [-0.1, -0.05) is 28.8 Å². The smallest absolute Gasteiger partial charge is 0.410 e. The van der Waals surface area contributed by atoms with Crippen molar-refractivity contribution in [1.29, 1.82) is 0 Å². The Balaban J connectivity index is 1.28. The van der Waals surface area contributed by atoms with E-state index in [9.17, 15) is 14.0 Å². The Morgan fingerprint density at radius 3 is 2.37 bits per heavy atom. The van der Waals surface area contributed by atoms with Crippen LogP contribution in [0.1, 0.15) is 30.2 Å². The fourth-order valence-electron chi connectivity index (χ4n) is 5.20. The molecule has 0 bridgehead atoms. The highest BCUT2D eigenvalue weighted by atomic mass is 35.5. The summed E-state index contributed by atoms with van der Waals surface area (Å²) in [5, 5.41) is 8.59. The van der Waals surface area contributed by atoms with Crippen molar-refractivity contribution in [3.05, 3.63) is 70.8 Å². The van der Waals surface area contributed by atoms with E-state index in [-0.39, 0.29) is 29.5 Å². The van der Waals surface area contributed by atoms with E-state index < -0.39 is 11.9 Å². The van der Waals surface area contributed by atoms with Crippen molar-refractivity contribution in [2.45, 2.75) is 31.7 Å². The third-order valence-electron chi connectivity index (χ3n) is 7.33. The average Bonchev–Trinajstić information content (AvgIpc) is 3.56. The van der Waals surface area contributed by atoms with Crippen molar-refractivity contribution in [1.82, 2.24) is 20.0 Å². The molecule has 2 fully saturated rings. The predicted molar refractivity (Wildman–Crippen MR) is 139 cm³/mol. The van der Waals surface area contributed by atoms with Crippen molar-refractivity contribution in [3.63, 3.8) is 0 Å². The van der Waals surface area contributed by atoms with Crippen LogP contribution in [0.4, 0.5) is 15.2 Å². The number of likely N-dealkylation sites (tertiary alicyclic amines) is 1. The molecule has 2 aromatic carbocycles. The third-order valence-corrected chi connectivity index (χ3v) is 7.59. The van der Waals surface area contributed by atoms with Gasteiger partial charge in [0.05, 0.1) is 6.04 Å². The summed E-state index contributed by atoms with van der Waals surface area (Å²) < 4.78 is 24.3. The summed E-state index contributed by atoms with van der Waals surface area (Å²) >= 11 is 6.11. The molecule has 0 aliphatic carbocycles. The van der Waals surface area contributed by atoms with Gasteiger partial charge >= 0.3 is 12.1 Å². The summed E-state index contributed by atoms with van der Waals surface area (Å²) in [6.45, 7) is 3.91. The van der Waals surface area contributed by atoms with Crippen molar-refractivity contribution in [3.8, 4) is 5.75 Å². The zero-order chi connectivity index (χ0) is 26.8. The monoisotopic (exact) mass is 541 g/mol. The van der Waals surface area contributed by atoms with Gasteiger partial charge in [0.25, 0.3) is 0 Å². The van der Waals surface area contributed by atoms with Gasteiger partial charge in [-0.25, -0.2) is 9.18 Å². The van der Waals surface area contributed by atoms with Gasteiger partial charge < -0.3 is 23.9 Å². The van der Waals surface area contributed by atoms with Crippen LogP contribution in [0.2, 0.25) is 5.02 Å². The number of amides is 2. The Morgan fingerprint density at radius 1 is 1.05 bits per heavy atom. The van der Waals surface area contributed by atoms with E-state index in [1.165, 1.54) is 29.2 Å². The van der Waals surface area contributed by atoms with Crippen LogP contribution in [0.5, 0.6) is 5.75 Å². The van der Waals surface area contributed by atoms with E-state index in [2.05, 4.69) is 10.2 Å². The van der Waals surface area contributed by atoms with Gasteiger partial charge in [0, 0.05) is 57.0 Å². The number of hydrogen-bond donors (Lipinski definition) is 0. The van der Waals surface area contributed by atoms with Crippen molar-refractivity contribution in [2.75, 3.05) is 38.1 Å². The number of benzene rings is 2. The fraction of sp³-hybridized carbons (Fsp3) is 0.407. The van der Waals surface area contributed by atoms with Crippen LogP contribution in [0.3, 0.4) is 0 Å². The van der Waals surface area contributed by atoms with Crippen LogP contribution in [0, 0.1) is 18.7 Å².